The molecule has 0 amide bonds. The third-order valence-corrected chi connectivity index (χ3v) is 2.54. The fraction of sp³-hybridized carbons (Fsp3) is 0.167. The Morgan fingerprint density at radius 3 is 2.75 bits per heavy atom. The van der Waals surface area contributed by atoms with E-state index in [0.717, 1.165) is 11.6 Å². The number of hydrogen-bond donors (Lipinski definition) is 2. The highest BCUT2D eigenvalue weighted by molar-refractivity contribution is 5.86. The van der Waals surface area contributed by atoms with E-state index in [0.29, 0.717) is 17.3 Å². The van der Waals surface area contributed by atoms with E-state index in [2.05, 4.69) is 4.98 Å². The lowest BCUT2D eigenvalue weighted by molar-refractivity contribution is 0.481. The highest BCUT2D eigenvalue weighted by atomic mass is 16.3. The lowest BCUT2D eigenvalue weighted by Gasteiger charge is -2.01. The van der Waals surface area contributed by atoms with Gasteiger partial charge in [0.2, 0.25) is 5.43 Å². The minimum absolute atomic E-state index is 0.173. The highest BCUT2D eigenvalue weighted by Crippen LogP contribution is 2.22. The fourth-order valence-electron chi connectivity index (χ4n) is 1.70. The first kappa shape index (κ1) is 10.4. The second-order valence-corrected chi connectivity index (χ2v) is 3.54. The van der Waals surface area contributed by atoms with Crippen LogP contribution in [0.2, 0.25) is 0 Å². The first-order valence-corrected chi connectivity index (χ1v) is 5.01. The van der Waals surface area contributed by atoms with Crippen molar-refractivity contribution in [2.75, 3.05) is 0 Å². The summed E-state index contributed by atoms with van der Waals surface area (Å²) in [6.45, 7) is 1.94. The van der Waals surface area contributed by atoms with Crippen molar-refractivity contribution in [2.45, 2.75) is 13.3 Å². The molecule has 2 aromatic rings. The van der Waals surface area contributed by atoms with Gasteiger partial charge in [0, 0.05) is 11.5 Å². The Bertz CT molecular complexity index is 658. The second kappa shape index (κ2) is 3.81. The number of aryl methyl sites for hydroxylation is 1. The SMILES string of the molecule is CCc1cccc2c(O)cc(=O)c(=O)[nH]c12. The van der Waals surface area contributed by atoms with Gasteiger partial charge in [0.05, 0.1) is 5.52 Å². The van der Waals surface area contributed by atoms with Crippen molar-refractivity contribution in [1.82, 2.24) is 4.98 Å². The molecule has 0 saturated carbocycles. The largest absolute Gasteiger partial charge is 0.507 e. The van der Waals surface area contributed by atoms with Crippen LogP contribution in [-0.2, 0) is 6.42 Å². The Morgan fingerprint density at radius 1 is 1.31 bits per heavy atom. The second-order valence-electron chi connectivity index (χ2n) is 3.54. The van der Waals surface area contributed by atoms with Crippen LogP contribution in [0.25, 0.3) is 10.9 Å². The summed E-state index contributed by atoms with van der Waals surface area (Å²) in [6.07, 6.45) is 0.713. The van der Waals surface area contributed by atoms with Crippen LogP contribution in [0.15, 0.2) is 33.9 Å². The van der Waals surface area contributed by atoms with Crippen LogP contribution in [0.5, 0.6) is 5.75 Å². The first-order valence-electron chi connectivity index (χ1n) is 5.01. The van der Waals surface area contributed by atoms with E-state index in [1.165, 1.54) is 0 Å². The summed E-state index contributed by atoms with van der Waals surface area (Å²) in [7, 11) is 0. The molecular formula is C12H11NO3. The van der Waals surface area contributed by atoms with Gasteiger partial charge in [-0.2, -0.15) is 0 Å². The molecule has 0 fully saturated rings. The molecule has 0 bridgehead atoms. The normalized spacial score (nSPS) is 10.6. The Balaban J connectivity index is 3.09. The average molecular weight is 217 g/mol. The average Bonchev–Trinajstić information content (AvgIpc) is 2.38. The maximum atomic E-state index is 11.4. The van der Waals surface area contributed by atoms with Gasteiger partial charge in [0.25, 0.3) is 5.56 Å². The van der Waals surface area contributed by atoms with Gasteiger partial charge in [0.1, 0.15) is 5.75 Å². The highest BCUT2D eigenvalue weighted by Gasteiger charge is 2.05. The summed E-state index contributed by atoms with van der Waals surface area (Å²) >= 11 is 0. The van der Waals surface area contributed by atoms with Crippen LogP contribution < -0.4 is 11.0 Å². The summed E-state index contributed by atoms with van der Waals surface area (Å²) < 4.78 is 0. The number of fused-ring (bicyclic) bond motifs is 1. The molecule has 1 heterocycles. The van der Waals surface area contributed by atoms with Crippen LogP contribution in [0.4, 0.5) is 0 Å². The molecule has 1 aromatic heterocycles. The Kier molecular flexibility index (Phi) is 2.48. The number of rotatable bonds is 1. The lowest BCUT2D eigenvalue weighted by Crippen LogP contribution is -2.22. The van der Waals surface area contributed by atoms with Crippen LogP contribution in [0, 0.1) is 0 Å². The van der Waals surface area contributed by atoms with Gasteiger partial charge in [-0.1, -0.05) is 19.1 Å². The molecule has 4 nitrogen and oxygen atoms in total. The number of H-pyrrole nitrogens is 1. The molecule has 0 aliphatic carbocycles. The molecule has 82 valence electrons. The third-order valence-electron chi connectivity index (χ3n) is 2.54. The zero-order chi connectivity index (χ0) is 11.7. The standard InChI is InChI=1S/C12H11NO3/c1-2-7-4-3-5-8-9(14)6-10(15)12(16)13-11(7)8/h3-6,14H,2H2,1H3,(H,13,15,16). The minimum atomic E-state index is -0.740. The van der Waals surface area contributed by atoms with E-state index in [1.807, 2.05) is 13.0 Å². The van der Waals surface area contributed by atoms with Gasteiger partial charge < -0.3 is 10.1 Å². The quantitative estimate of drug-likeness (QED) is 0.704. The topological polar surface area (TPSA) is 70.2 Å². The van der Waals surface area contributed by atoms with Gasteiger partial charge in [-0.3, -0.25) is 9.59 Å². The Hall–Kier alpha value is -2.10. The number of benzene rings is 1. The summed E-state index contributed by atoms with van der Waals surface area (Å²) in [6, 6.07) is 6.24. The molecule has 0 unspecified atom stereocenters. The molecule has 4 heteroatoms. The van der Waals surface area contributed by atoms with E-state index in [1.54, 1.807) is 12.1 Å². The van der Waals surface area contributed by atoms with Gasteiger partial charge in [-0.25, -0.2) is 0 Å². The van der Waals surface area contributed by atoms with E-state index in [-0.39, 0.29) is 5.75 Å². The molecule has 0 atom stereocenters. The van der Waals surface area contributed by atoms with E-state index in [4.69, 9.17) is 0 Å². The van der Waals surface area contributed by atoms with Gasteiger partial charge in [-0.05, 0) is 18.1 Å². The number of aromatic hydroxyl groups is 1. The minimum Gasteiger partial charge on any atom is -0.507 e. The van der Waals surface area contributed by atoms with Crippen molar-refractivity contribution in [3.63, 3.8) is 0 Å². The Morgan fingerprint density at radius 2 is 2.06 bits per heavy atom. The predicted molar refractivity (Wildman–Crippen MR) is 61.9 cm³/mol. The van der Waals surface area contributed by atoms with Crippen LogP contribution >= 0.6 is 0 Å². The van der Waals surface area contributed by atoms with Crippen molar-refractivity contribution in [3.05, 3.63) is 50.4 Å². The van der Waals surface area contributed by atoms with Crippen molar-refractivity contribution in [3.8, 4) is 5.75 Å². The third kappa shape index (κ3) is 1.58. The van der Waals surface area contributed by atoms with Crippen molar-refractivity contribution in [2.24, 2.45) is 0 Å². The molecule has 16 heavy (non-hydrogen) atoms. The van der Waals surface area contributed by atoms with Gasteiger partial charge >= 0.3 is 0 Å². The molecule has 0 aliphatic rings. The molecular weight excluding hydrogens is 206 g/mol. The first-order chi connectivity index (χ1) is 7.63. The summed E-state index contributed by atoms with van der Waals surface area (Å²) in [5, 5.41) is 10.2. The molecule has 0 saturated heterocycles. The molecule has 0 aliphatic heterocycles. The molecule has 0 radical (unpaired) electrons. The number of nitrogens with one attached hydrogen (secondary N) is 1. The maximum Gasteiger partial charge on any atom is 0.296 e. The van der Waals surface area contributed by atoms with Crippen molar-refractivity contribution < 1.29 is 5.11 Å². The van der Waals surface area contributed by atoms with Gasteiger partial charge in [0.15, 0.2) is 0 Å². The smallest absolute Gasteiger partial charge is 0.296 e. The molecule has 2 rings (SSSR count). The van der Waals surface area contributed by atoms with Crippen LogP contribution in [0.3, 0.4) is 0 Å². The maximum absolute atomic E-state index is 11.4. The van der Waals surface area contributed by atoms with Crippen molar-refractivity contribution in [1.29, 1.82) is 0 Å². The zero-order valence-electron chi connectivity index (χ0n) is 8.78. The lowest BCUT2D eigenvalue weighted by atomic mass is 10.1. The summed E-state index contributed by atoms with van der Waals surface area (Å²) in [4.78, 5) is 25.1. The van der Waals surface area contributed by atoms with Crippen LogP contribution in [-0.4, -0.2) is 10.1 Å². The number of aromatic nitrogens is 1. The number of para-hydroxylation sites is 1. The van der Waals surface area contributed by atoms with E-state index >= 15 is 0 Å². The molecule has 0 spiro atoms. The summed E-state index contributed by atoms with van der Waals surface area (Å²) in [5.41, 5.74) is -0.0444. The molecule has 1 aromatic carbocycles. The van der Waals surface area contributed by atoms with E-state index < -0.39 is 11.0 Å². The van der Waals surface area contributed by atoms with Gasteiger partial charge in [-0.15, -0.1) is 0 Å². The zero-order valence-corrected chi connectivity index (χ0v) is 8.78. The van der Waals surface area contributed by atoms with Crippen LogP contribution in [0.1, 0.15) is 12.5 Å². The number of aromatic amines is 1. The predicted octanol–water partition coefficient (Wildman–Crippen LogP) is 1.16. The summed E-state index contributed by atoms with van der Waals surface area (Å²) in [5.74, 6) is -0.173. The Labute approximate surface area is 91.2 Å². The van der Waals surface area contributed by atoms with Crippen molar-refractivity contribution >= 4 is 10.9 Å². The fourth-order valence-corrected chi connectivity index (χ4v) is 1.70. The van der Waals surface area contributed by atoms with E-state index in [9.17, 15) is 14.7 Å². The monoisotopic (exact) mass is 217 g/mol. The molecule has 2 N–H and O–H groups in total. The number of hydrogen-bond acceptors (Lipinski definition) is 3.